The van der Waals surface area contributed by atoms with E-state index in [-0.39, 0.29) is 25.9 Å². The average Bonchev–Trinajstić information content (AvgIpc) is 3.25. The van der Waals surface area contributed by atoms with Gasteiger partial charge in [0.2, 0.25) is 0 Å². The van der Waals surface area contributed by atoms with Crippen LogP contribution in [0.1, 0.15) is 226 Å². The second-order valence-electron chi connectivity index (χ2n) is 16.6. The molecule has 0 saturated heterocycles. The topological polar surface area (TPSA) is 155 Å². The van der Waals surface area contributed by atoms with E-state index in [1.54, 1.807) is 0 Å². The van der Waals surface area contributed by atoms with Crippen molar-refractivity contribution in [2.24, 2.45) is 0 Å². The van der Waals surface area contributed by atoms with Gasteiger partial charge in [0.05, 0.1) is 19.8 Å². The molecular formula is C50H91O11P. The Bertz CT molecular complexity index is 1190. The molecule has 0 rings (SSSR count). The predicted octanol–water partition coefficient (Wildman–Crippen LogP) is 13.7. The van der Waals surface area contributed by atoms with E-state index in [2.05, 4.69) is 57.2 Å². The maximum Gasteiger partial charge on any atom is 0.472 e. The molecule has 0 aliphatic carbocycles. The Hall–Kier alpha value is -2.30. The molecule has 0 aromatic heterocycles. The molecular weight excluding hydrogens is 808 g/mol. The smallest absolute Gasteiger partial charge is 0.462 e. The minimum atomic E-state index is -4.73. The first-order valence-electron chi connectivity index (χ1n) is 24.9. The summed E-state index contributed by atoms with van der Waals surface area (Å²) in [7, 11) is -4.73. The zero-order chi connectivity index (χ0) is 45.6. The first-order valence-corrected chi connectivity index (χ1v) is 26.4. The molecule has 12 heteroatoms. The fraction of sp³-hybridized carbons (Fsp3) is 0.820. The third-order valence-electron chi connectivity index (χ3n) is 10.5. The van der Waals surface area contributed by atoms with E-state index >= 15 is 0 Å². The zero-order valence-electron chi connectivity index (χ0n) is 39.6. The van der Waals surface area contributed by atoms with Crippen LogP contribution in [-0.4, -0.2) is 66.5 Å². The molecule has 362 valence electrons. The fourth-order valence-electron chi connectivity index (χ4n) is 6.68. The molecule has 3 atom stereocenters. The first-order chi connectivity index (χ1) is 30.2. The minimum Gasteiger partial charge on any atom is -0.462 e. The highest BCUT2D eigenvalue weighted by atomic mass is 31.2. The number of allylic oxidation sites excluding steroid dienone is 6. The summed E-state index contributed by atoms with van der Waals surface area (Å²) in [6, 6.07) is 0. The predicted molar refractivity (Wildman–Crippen MR) is 252 cm³/mol. The maximum atomic E-state index is 12.8. The van der Waals surface area contributed by atoms with E-state index in [0.717, 1.165) is 109 Å². The van der Waals surface area contributed by atoms with Gasteiger partial charge in [-0.2, -0.15) is 0 Å². The van der Waals surface area contributed by atoms with Crippen LogP contribution in [0.4, 0.5) is 0 Å². The molecule has 0 aromatic rings. The van der Waals surface area contributed by atoms with Gasteiger partial charge in [0.1, 0.15) is 12.7 Å². The van der Waals surface area contributed by atoms with Gasteiger partial charge in [-0.3, -0.25) is 23.4 Å². The number of unbranched alkanes of at least 4 members (excludes halogenated alkanes) is 23. The van der Waals surface area contributed by atoms with E-state index in [1.165, 1.54) is 57.8 Å². The van der Waals surface area contributed by atoms with Gasteiger partial charge >= 0.3 is 25.7 Å². The molecule has 11 nitrogen and oxygen atoms in total. The number of phosphoric ester groups is 1. The van der Waals surface area contributed by atoms with E-state index in [9.17, 15) is 28.9 Å². The molecule has 0 aromatic carbocycles. The van der Waals surface area contributed by atoms with Crippen LogP contribution in [0, 0.1) is 0 Å². The second-order valence-corrected chi connectivity index (χ2v) is 18.1. The number of aliphatic hydroxyl groups excluding tert-OH is 1. The van der Waals surface area contributed by atoms with Crippen molar-refractivity contribution in [2.75, 3.05) is 26.4 Å². The largest absolute Gasteiger partial charge is 0.472 e. The van der Waals surface area contributed by atoms with E-state index < -0.39 is 57.8 Å². The van der Waals surface area contributed by atoms with Crippen molar-refractivity contribution in [3.8, 4) is 0 Å². The van der Waals surface area contributed by atoms with Gasteiger partial charge in [-0.1, -0.05) is 173 Å². The summed E-state index contributed by atoms with van der Waals surface area (Å²) in [5, 5.41) is 9.72. The van der Waals surface area contributed by atoms with Gasteiger partial charge in [-0.25, -0.2) is 4.57 Å². The fourth-order valence-corrected chi connectivity index (χ4v) is 7.47. The summed E-state index contributed by atoms with van der Waals surface area (Å²) in [6.45, 7) is 4.50. The Labute approximate surface area is 378 Å². The van der Waals surface area contributed by atoms with Crippen LogP contribution >= 0.6 is 7.82 Å². The number of rotatable bonds is 46. The molecule has 0 fully saturated rings. The molecule has 62 heavy (non-hydrogen) atoms. The number of ether oxygens (including phenoxy) is 3. The highest BCUT2D eigenvalue weighted by molar-refractivity contribution is 7.47. The van der Waals surface area contributed by atoms with E-state index in [1.807, 2.05) is 0 Å². The van der Waals surface area contributed by atoms with Crippen molar-refractivity contribution in [3.63, 3.8) is 0 Å². The summed E-state index contributed by atoms with van der Waals surface area (Å²) >= 11 is 0. The van der Waals surface area contributed by atoms with Crippen molar-refractivity contribution in [2.45, 2.75) is 238 Å². The molecule has 0 spiro atoms. The van der Waals surface area contributed by atoms with E-state index in [0.29, 0.717) is 19.3 Å². The first kappa shape index (κ1) is 59.7. The van der Waals surface area contributed by atoms with Crippen molar-refractivity contribution in [1.82, 2.24) is 0 Å². The van der Waals surface area contributed by atoms with Crippen molar-refractivity contribution < 1.29 is 52.2 Å². The second kappa shape index (κ2) is 45.3. The SMILES string of the molecule is CCC/C=C\C/C=C\CCCCCCCC(=O)OC(COC(=O)CCCCCCC/C=C\CCCCCC)COP(=O)(O)OCC(CO)OC(=O)CCCCCCCCCCC. The third-order valence-corrected chi connectivity index (χ3v) is 11.5. The van der Waals surface area contributed by atoms with Gasteiger partial charge in [0.15, 0.2) is 6.10 Å². The Balaban J connectivity index is 4.78. The normalized spacial score (nSPS) is 13.8. The lowest BCUT2D eigenvalue weighted by Crippen LogP contribution is -2.30. The van der Waals surface area contributed by atoms with Crippen LogP contribution in [0.2, 0.25) is 0 Å². The summed E-state index contributed by atoms with van der Waals surface area (Å²) < 4.78 is 39.2. The average molecular weight is 899 g/mol. The number of hydrogen-bond acceptors (Lipinski definition) is 10. The lowest BCUT2D eigenvalue weighted by Gasteiger charge is -2.21. The molecule has 0 heterocycles. The zero-order valence-corrected chi connectivity index (χ0v) is 40.5. The highest BCUT2D eigenvalue weighted by Crippen LogP contribution is 2.43. The van der Waals surface area contributed by atoms with Gasteiger partial charge < -0.3 is 24.2 Å². The number of carbonyl (C=O) groups is 3. The van der Waals surface area contributed by atoms with Crippen LogP contribution < -0.4 is 0 Å². The van der Waals surface area contributed by atoms with Gasteiger partial charge in [0.25, 0.3) is 0 Å². The van der Waals surface area contributed by atoms with Gasteiger partial charge in [-0.15, -0.1) is 0 Å². The molecule has 0 saturated carbocycles. The molecule has 2 N–H and O–H groups in total. The van der Waals surface area contributed by atoms with Crippen LogP contribution in [0.5, 0.6) is 0 Å². The summed E-state index contributed by atoms with van der Waals surface area (Å²) in [6.07, 6.45) is 42.7. The van der Waals surface area contributed by atoms with Gasteiger partial charge in [0, 0.05) is 19.3 Å². The third kappa shape index (κ3) is 43.0. The van der Waals surface area contributed by atoms with Gasteiger partial charge in [-0.05, 0) is 70.6 Å². The number of aliphatic hydroxyl groups is 1. The summed E-state index contributed by atoms with van der Waals surface area (Å²) in [4.78, 5) is 48.1. The molecule has 0 radical (unpaired) electrons. The molecule has 0 aliphatic rings. The highest BCUT2D eigenvalue weighted by Gasteiger charge is 2.28. The molecule has 0 amide bonds. The molecule has 0 aliphatic heterocycles. The van der Waals surface area contributed by atoms with Crippen LogP contribution in [-0.2, 0) is 42.2 Å². The van der Waals surface area contributed by atoms with Crippen LogP contribution in [0.25, 0.3) is 0 Å². The number of hydrogen-bond donors (Lipinski definition) is 2. The van der Waals surface area contributed by atoms with Crippen molar-refractivity contribution in [3.05, 3.63) is 36.5 Å². The number of carbonyl (C=O) groups excluding carboxylic acids is 3. The van der Waals surface area contributed by atoms with Crippen molar-refractivity contribution >= 4 is 25.7 Å². The Morgan fingerprint density at radius 3 is 1.29 bits per heavy atom. The maximum absolute atomic E-state index is 12.8. The Morgan fingerprint density at radius 2 is 0.823 bits per heavy atom. The standard InChI is InChI=1S/C50H91O11P/c1-4-7-10-13-16-19-21-23-25-28-30-33-36-39-48(52)57-43-47(61-50(54)41-38-35-32-29-26-24-22-20-17-14-11-8-5-2)45-59-62(55,56)58-44-46(42-51)60-49(53)40-37-34-31-27-18-15-12-9-6-3/h11,14,19-22,46-47,51H,4-10,12-13,15-18,23-45H2,1-3H3,(H,55,56)/b14-11-,21-19-,22-20-. The minimum absolute atomic E-state index is 0.152. The number of phosphoric acid groups is 1. The summed E-state index contributed by atoms with van der Waals surface area (Å²) in [5.74, 6) is -1.49. The molecule has 0 bridgehead atoms. The van der Waals surface area contributed by atoms with Crippen molar-refractivity contribution in [1.29, 1.82) is 0 Å². The van der Waals surface area contributed by atoms with Crippen LogP contribution in [0.3, 0.4) is 0 Å². The Morgan fingerprint density at radius 1 is 0.452 bits per heavy atom. The number of esters is 3. The van der Waals surface area contributed by atoms with Crippen LogP contribution in [0.15, 0.2) is 36.5 Å². The summed E-state index contributed by atoms with van der Waals surface area (Å²) in [5.41, 5.74) is 0. The monoisotopic (exact) mass is 899 g/mol. The Kier molecular flexibility index (Phi) is 43.6. The lowest BCUT2D eigenvalue weighted by molar-refractivity contribution is -0.161. The molecule has 3 unspecified atom stereocenters. The van der Waals surface area contributed by atoms with E-state index in [4.69, 9.17) is 23.3 Å². The lowest BCUT2D eigenvalue weighted by atomic mass is 10.1. The quantitative estimate of drug-likeness (QED) is 0.0197.